The fourth-order valence-electron chi connectivity index (χ4n) is 5.87. The molecule has 4 saturated carbocycles. The van der Waals surface area contributed by atoms with E-state index in [9.17, 15) is 5.11 Å². The zero-order valence-electron chi connectivity index (χ0n) is 11.2. The van der Waals surface area contributed by atoms with Crippen LogP contribution in [0.3, 0.4) is 0 Å². The summed E-state index contributed by atoms with van der Waals surface area (Å²) < 4.78 is 0. The predicted molar refractivity (Wildman–Crippen MR) is 72.6 cm³/mol. The molecule has 1 N–H and O–H groups in total. The van der Waals surface area contributed by atoms with Crippen LogP contribution in [-0.4, -0.2) is 5.11 Å². The van der Waals surface area contributed by atoms with Crippen molar-refractivity contribution in [3.8, 4) is 5.75 Å². The molecule has 0 saturated heterocycles. The molecule has 1 aromatic rings. The third kappa shape index (κ3) is 1.46. The normalized spacial score (nSPS) is 45.4. The number of benzene rings is 1. The predicted octanol–water partition coefficient (Wildman–Crippen LogP) is 4.25. The van der Waals surface area contributed by atoms with Crippen molar-refractivity contribution in [3.05, 3.63) is 29.8 Å². The van der Waals surface area contributed by atoms with Gasteiger partial charge in [-0.15, -0.1) is 0 Å². The minimum Gasteiger partial charge on any atom is -0.508 e. The second kappa shape index (κ2) is 3.31. The van der Waals surface area contributed by atoms with Gasteiger partial charge < -0.3 is 5.11 Å². The summed E-state index contributed by atoms with van der Waals surface area (Å²) in [5, 5.41) is 9.49. The Bertz CT molecular complexity index is 459. The summed E-state index contributed by atoms with van der Waals surface area (Å²) in [4.78, 5) is 0. The SMILES string of the molecule is CC12C[C@H]3C[C@@H](C1)CC(c1ccc(O)cc1)(C3)C2. The smallest absolute Gasteiger partial charge is 0.115 e. The van der Waals surface area contributed by atoms with Crippen molar-refractivity contribution in [2.45, 2.75) is 50.9 Å². The molecule has 1 nitrogen and oxygen atoms in total. The third-order valence-electron chi connectivity index (χ3n) is 5.83. The molecule has 4 aliphatic carbocycles. The maximum absolute atomic E-state index is 9.49. The van der Waals surface area contributed by atoms with Crippen LogP contribution in [-0.2, 0) is 5.41 Å². The fourth-order valence-corrected chi connectivity index (χ4v) is 5.87. The third-order valence-corrected chi connectivity index (χ3v) is 5.83. The molecule has 0 aromatic heterocycles. The highest BCUT2D eigenvalue weighted by Gasteiger charge is 2.56. The molecule has 0 radical (unpaired) electrons. The number of rotatable bonds is 1. The zero-order chi connectivity index (χ0) is 12.4. The van der Waals surface area contributed by atoms with E-state index >= 15 is 0 Å². The average Bonchev–Trinajstić information content (AvgIpc) is 2.26. The summed E-state index contributed by atoms with van der Waals surface area (Å²) in [6, 6.07) is 8.09. The summed E-state index contributed by atoms with van der Waals surface area (Å²) in [5.41, 5.74) is 2.52. The average molecular weight is 242 g/mol. The maximum Gasteiger partial charge on any atom is 0.115 e. The first-order valence-electron chi connectivity index (χ1n) is 7.37. The molecule has 96 valence electrons. The molecule has 2 unspecified atom stereocenters. The fraction of sp³-hybridized carbons (Fsp3) is 0.647. The Morgan fingerprint density at radius 3 is 2.17 bits per heavy atom. The molecule has 4 fully saturated rings. The molecule has 18 heavy (non-hydrogen) atoms. The maximum atomic E-state index is 9.49. The van der Waals surface area contributed by atoms with Crippen molar-refractivity contribution in [2.24, 2.45) is 17.3 Å². The van der Waals surface area contributed by atoms with Gasteiger partial charge in [0.2, 0.25) is 0 Å². The van der Waals surface area contributed by atoms with Gasteiger partial charge in [0, 0.05) is 0 Å². The molecule has 1 heteroatoms. The Morgan fingerprint density at radius 1 is 1.00 bits per heavy atom. The van der Waals surface area contributed by atoms with Gasteiger partial charge in [-0.05, 0) is 78.9 Å². The number of phenolic OH excluding ortho intramolecular Hbond substituents is 1. The van der Waals surface area contributed by atoms with Crippen LogP contribution < -0.4 is 0 Å². The minimum absolute atomic E-state index is 0.398. The first kappa shape index (κ1) is 10.9. The number of hydrogen-bond donors (Lipinski definition) is 1. The molecule has 5 rings (SSSR count). The van der Waals surface area contributed by atoms with E-state index in [0.717, 1.165) is 11.8 Å². The van der Waals surface area contributed by atoms with Crippen LogP contribution in [0.2, 0.25) is 0 Å². The molecule has 4 bridgehead atoms. The summed E-state index contributed by atoms with van der Waals surface area (Å²) in [7, 11) is 0. The van der Waals surface area contributed by atoms with Gasteiger partial charge in [0.25, 0.3) is 0 Å². The van der Waals surface area contributed by atoms with Gasteiger partial charge >= 0.3 is 0 Å². The quantitative estimate of drug-likeness (QED) is 0.780. The van der Waals surface area contributed by atoms with Gasteiger partial charge in [-0.25, -0.2) is 0 Å². The highest BCUT2D eigenvalue weighted by atomic mass is 16.3. The summed E-state index contributed by atoms with van der Waals surface area (Å²) in [6.07, 6.45) is 8.56. The lowest BCUT2D eigenvalue weighted by Crippen LogP contribution is -2.52. The Morgan fingerprint density at radius 2 is 1.61 bits per heavy atom. The zero-order valence-corrected chi connectivity index (χ0v) is 11.2. The van der Waals surface area contributed by atoms with Crippen LogP contribution >= 0.6 is 0 Å². The Labute approximate surface area is 109 Å². The van der Waals surface area contributed by atoms with Gasteiger partial charge in [-0.3, -0.25) is 0 Å². The van der Waals surface area contributed by atoms with Crippen LogP contribution in [0.5, 0.6) is 5.75 Å². The van der Waals surface area contributed by atoms with Gasteiger partial charge in [-0.2, -0.15) is 0 Å². The van der Waals surface area contributed by atoms with Crippen molar-refractivity contribution in [3.63, 3.8) is 0 Å². The number of phenols is 1. The summed E-state index contributed by atoms with van der Waals surface area (Å²) in [6.45, 7) is 2.51. The number of aromatic hydroxyl groups is 1. The summed E-state index contributed by atoms with van der Waals surface area (Å²) in [5.74, 6) is 2.32. The van der Waals surface area contributed by atoms with E-state index in [2.05, 4.69) is 19.1 Å². The Kier molecular flexibility index (Phi) is 2.01. The van der Waals surface area contributed by atoms with Crippen molar-refractivity contribution < 1.29 is 5.11 Å². The van der Waals surface area contributed by atoms with E-state index < -0.39 is 0 Å². The summed E-state index contributed by atoms with van der Waals surface area (Å²) >= 11 is 0. The lowest BCUT2D eigenvalue weighted by molar-refractivity contribution is -0.0615. The molecule has 4 atom stereocenters. The van der Waals surface area contributed by atoms with E-state index in [1.807, 2.05) is 12.1 Å². The lowest BCUT2D eigenvalue weighted by Gasteiger charge is -2.61. The van der Waals surface area contributed by atoms with Gasteiger partial charge in [0.15, 0.2) is 0 Å². The standard InChI is InChI=1S/C17H22O/c1-16-7-12-6-13(8-16)10-17(9-12,11-16)14-2-4-15(18)5-3-14/h2-5,12-13,18H,6-11H2,1H3/t12-,13+,16?,17?. The molecule has 4 aliphatic rings. The molecular weight excluding hydrogens is 220 g/mol. The van der Waals surface area contributed by atoms with E-state index in [1.165, 1.54) is 44.1 Å². The Balaban J connectivity index is 1.77. The first-order chi connectivity index (χ1) is 8.57. The molecule has 0 aliphatic heterocycles. The molecule has 0 heterocycles. The monoisotopic (exact) mass is 242 g/mol. The van der Waals surface area contributed by atoms with Gasteiger partial charge in [0.1, 0.15) is 5.75 Å². The van der Waals surface area contributed by atoms with Crippen LogP contribution in [0.1, 0.15) is 51.0 Å². The van der Waals surface area contributed by atoms with Crippen LogP contribution in [0.4, 0.5) is 0 Å². The van der Waals surface area contributed by atoms with Crippen molar-refractivity contribution in [1.82, 2.24) is 0 Å². The number of hydrogen-bond acceptors (Lipinski definition) is 1. The first-order valence-corrected chi connectivity index (χ1v) is 7.37. The van der Waals surface area contributed by atoms with E-state index in [1.54, 1.807) is 0 Å². The second-order valence-electron chi connectivity index (χ2n) is 7.60. The largest absolute Gasteiger partial charge is 0.508 e. The molecule has 0 amide bonds. The van der Waals surface area contributed by atoms with Crippen molar-refractivity contribution >= 4 is 0 Å². The Hall–Kier alpha value is -0.980. The van der Waals surface area contributed by atoms with Gasteiger partial charge in [-0.1, -0.05) is 19.1 Å². The van der Waals surface area contributed by atoms with Crippen LogP contribution in [0.25, 0.3) is 0 Å². The van der Waals surface area contributed by atoms with Crippen molar-refractivity contribution in [2.75, 3.05) is 0 Å². The lowest BCUT2D eigenvalue weighted by atomic mass is 9.43. The second-order valence-corrected chi connectivity index (χ2v) is 7.60. The highest BCUT2D eigenvalue weighted by molar-refractivity contribution is 5.34. The van der Waals surface area contributed by atoms with E-state index in [0.29, 0.717) is 16.6 Å². The highest BCUT2D eigenvalue weighted by Crippen LogP contribution is 2.65. The van der Waals surface area contributed by atoms with Crippen LogP contribution in [0, 0.1) is 17.3 Å². The molecular formula is C17H22O. The molecule has 0 spiro atoms. The van der Waals surface area contributed by atoms with E-state index in [-0.39, 0.29) is 0 Å². The van der Waals surface area contributed by atoms with Gasteiger partial charge in [0.05, 0.1) is 0 Å². The minimum atomic E-state index is 0.398. The van der Waals surface area contributed by atoms with Crippen LogP contribution in [0.15, 0.2) is 24.3 Å². The topological polar surface area (TPSA) is 20.2 Å². The van der Waals surface area contributed by atoms with E-state index in [4.69, 9.17) is 0 Å². The van der Waals surface area contributed by atoms with Crippen molar-refractivity contribution in [1.29, 1.82) is 0 Å². The molecule has 1 aromatic carbocycles.